The van der Waals surface area contributed by atoms with Crippen molar-refractivity contribution in [2.45, 2.75) is 13.8 Å². The molecule has 20 heavy (non-hydrogen) atoms. The molecule has 1 rings (SSSR count). The molecule has 0 N–H and O–H groups in total. The second-order valence-electron chi connectivity index (χ2n) is 3.31. The van der Waals surface area contributed by atoms with Gasteiger partial charge in [0.15, 0.2) is 0 Å². The maximum absolute atomic E-state index is 11.5. The molecule has 0 saturated heterocycles. The summed E-state index contributed by atoms with van der Waals surface area (Å²) in [6.07, 6.45) is 0. The van der Waals surface area contributed by atoms with Crippen LogP contribution in [0.1, 0.15) is 37.4 Å². The minimum Gasteiger partial charge on any atom is -1.00 e. The van der Waals surface area contributed by atoms with E-state index < -0.39 is 23.9 Å². The number of rotatable bonds is 2. The molecule has 0 fully saturated rings. The molecule has 0 aliphatic carbocycles. The number of carbonyl (C=O) groups is 4. The van der Waals surface area contributed by atoms with Crippen LogP contribution in [0.4, 0.5) is 0 Å². The minimum atomic E-state index is -0.974. The Balaban J connectivity index is -0.000000405. The Kier molecular flexibility index (Phi) is 13.1. The summed E-state index contributed by atoms with van der Waals surface area (Å²) in [5.41, 5.74) is -0.280. The molecule has 0 aliphatic heterocycles. The van der Waals surface area contributed by atoms with Gasteiger partial charge in [0.2, 0.25) is 0 Å². The molecule has 0 spiro atoms. The first-order valence-electron chi connectivity index (χ1n) is 4.96. The quantitative estimate of drug-likeness (QED) is 0.308. The predicted octanol–water partition coefficient (Wildman–Crippen LogP) is -4.67. The number of hydrogen-bond donors (Lipinski definition) is 0. The van der Waals surface area contributed by atoms with Crippen molar-refractivity contribution in [3.63, 3.8) is 0 Å². The standard InChI is InChI=1S/C12H10O6.2K.2H/c1-7(13)17-11(15)9-5-3-4-6-10(9)12(16)18-8(2)14;;;;/h3-6H,1-2H3;;;;/q;2*+1;2*-1. The topological polar surface area (TPSA) is 86.7 Å². The molecule has 98 valence electrons. The van der Waals surface area contributed by atoms with E-state index in [1.54, 1.807) is 0 Å². The van der Waals surface area contributed by atoms with Crippen LogP contribution < -0.4 is 103 Å². The maximum atomic E-state index is 11.5. The molecule has 0 unspecified atom stereocenters. The van der Waals surface area contributed by atoms with E-state index in [0.717, 1.165) is 13.8 Å². The summed E-state index contributed by atoms with van der Waals surface area (Å²) in [5.74, 6) is -3.54. The molecular weight excluding hydrogens is 318 g/mol. The molecule has 0 amide bonds. The van der Waals surface area contributed by atoms with Crippen molar-refractivity contribution in [2.75, 3.05) is 0 Å². The van der Waals surface area contributed by atoms with E-state index in [9.17, 15) is 19.2 Å². The first kappa shape index (κ1) is 23.0. The van der Waals surface area contributed by atoms with Crippen LogP contribution in [0.25, 0.3) is 0 Å². The molecule has 1 aromatic rings. The fourth-order valence-corrected chi connectivity index (χ4v) is 1.21. The van der Waals surface area contributed by atoms with Crippen molar-refractivity contribution in [2.24, 2.45) is 0 Å². The summed E-state index contributed by atoms with van der Waals surface area (Å²) in [6.45, 7) is 2.13. The molecular formula is C12H12K2O6. The number of esters is 4. The smallest absolute Gasteiger partial charge is 1.00 e. The van der Waals surface area contributed by atoms with Gasteiger partial charge in [-0.2, -0.15) is 0 Å². The van der Waals surface area contributed by atoms with Gasteiger partial charge in [-0.3, -0.25) is 9.59 Å². The van der Waals surface area contributed by atoms with E-state index in [2.05, 4.69) is 9.47 Å². The Labute approximate surface area is 203 Å². The van der Waals surface area contributed by atoms with Gasteiger partial charge in [0.1, 0.15) is 0 Å². The van der Waals surface area contributed by atoms with Crippen molar-refractivity contribution < 1.29 is 134 Å². The van der Waals surface area contributed by atoms with Gasteiger partial charge in [0, 0.05) is 13.8 Å². The van der Waals surface area contributed by atoms with E-state index >= 15 is 0 Å². The van der Waals surface area contributed by atoms with Gasteiger partial charge in [-0.25, -0.2) is 9.59 Å². The number of carbonyl (C=O) groups excluding carboxylic acids is 4. The molecule has 0 heterocycles. The molecule has 0 bridgehead atoms. The first-order chi connectivity index (χ1) is 8.41. The summed E-state index contributed by atoms with van der Waals surface area (Å²) < 4.78 is 8.72. The molecule has 0 radical (unpaired) electrons. The summed E-state index contributed by atoms with van der Waals surface area (Å²) >= 11 is 0. The third kappa shape index (κ3) is 7.69. The molecule has 0 aliphatic rings. The third-order valence-corrected chi connectivity index (χ3v) is 1.84. The van der Waals surface area contributed by atoms with Gasteiger partial charge in [-0.05, 0) is 12.1 Å². The van der Waals surface area contributed by atoms with Crippen LogP contribution in [0.3, 0.4) is 0 Å². The van der Waals surface area contributed by atoms with Gasteiger partial charge in [-0.1, -0.05) is 12.1 Å². The molecule has 0 saturated carbocycles. The maximum Gasteiger partial charge on any atom is 1.00 e. The van der Waals surface area contributed by atoms with E-state index in [1.807, 2.05) is 0 Å². The largest absolute Gasteiger partial charge is 1.00 e. The van der Waals surface area contributed by atoms with E-state index in [1.165, 1.54) is 24.3 Å². The molecule has 8 heteroatoms. The zero-order valence-electron chi connectivity index (χ0n) is 13.8. The van der Waals surface area contributed by atoms with Crippen LogP contribution in [-0.4, -0.2) is 23.9 Å². The average molecular weight is 330 g/mol. The van der Waals surface area contributed by atoms with Crippen LogP contribution in [0, 0.1) is 0 Å². The second-order valence-corrected chi connectivity index (χ2v) is 3.31. The predicted molar refractivity (Wildman–Crippen MR) is 60.9 cm³/mol. The van der Waals surface area contributed by atoms with Crippen LogP contribution in [0.2, 0.25) is 0 Å². The zero-order valence-corrected chi connectivity index (χ0v) is 18.0. The van der Waals surface area contributed by atoms with E-state index in [4.69, 9.17) is 0 Å². The van der Waals surface area contributed by atoms with Crippen LogP contribution in [-0.2, 0) is 19.1 Å². The van der Waals surface area contributed by atoms with Crippen molar-refractivity contribution in [1.29, 1.82) is 0 Å². The van der Waals surface area contributed by atoms with Crippen LogP contribution in [0.5, 0.6) is 0 Å². The number of hydrogen-bond acceptors (Lipinski definition) is 6. The Bertz CT molecular complexity index is 489. The van der Waals surface area contributed by atoms with Gasteiger partial charge in [0.25, 0.3) is 0 Å². The Morgan fingerprint density at radius 2 is 1.10 bits per heavy atom. The fraction of sp³-hybridized carbons (Fsp3) is 0.167. The second kappa shape index (κ2) is 11.4. The summed E-state index contributed by atoms with van der Waals surface area (Å²) in [6, 6.07) is 5.56. The van der Waals surface area contributed by atoms with Gasteiger partial charge in [0.05, 0.1) is 11.1 Å². The summed E-state index contributed by atoms with van der Waals surface area (Å²) in [4.78, 5) is 44.4. The van der Waals surface area contributed by atoms with Crippen molar-refractivity contribution in [3.8, 4) is 0 Å². The monoisotopic (exact) mass is 330 g/mol. The van der Waals surface area contributed by atoms with Gasteiger partial charge in [-0.15, -0.1) is 0 Å². The number of ether oxygens (including phenoxy) is 2. The van der Waals surface area contributed by atoms with Crippen molar-refractivity contribution in [3.05, 3.63) is 35.4 Å². The molecule has 1 aromatic carbocycles. The molecule has 6 nitrogen and oxygen atoms in total. The van der Waals surface area contributed by atoms with E-state index in [0.29, 0.717) is 0 Å². The summed E-state index contributed by atoms with van der Waals surface area (Å²) in [5, 5.41) is 0. The van der Waals surface area contributed by atoms with Gasteiger partial charge >= 0.3 is 127 Å². The Morgan fingerprint density at radius 1 is 0.800 bits per heavy atom. The minimum absolute atomic E-state index is 0. The Morgan fingerprint density at radius 3 is 1.35 bits per heavy atom. The fourth-order valence-electron chi connectivity index (χ4n) is 1.21. The Hall–Kier alpha value is 0.773. The zero-order chi connectivity index (χ0) is 13.7. The summed E-state index contributed by atoms with van der Waals surface area (Å²) in [7, 11) is 0. The van der Waals surface area contributed by atoms with E-state index in [-0.39, 0.29) is 117 Å². The van der Waals surface area contributed by atoms with Crippen LogP contribution >= 0.6 is 0 Å². The normalized spacial score (nSPS) is 8.50. The molecule has 0 atom stereocenters. The average Bonchev–Trinajstić information content (AvgIpc) is 2.27. The van der Waals surface area contributed by atoms with Crippen LogP contribution in [0.15, 0.2) is 24.3 Å². The third-order valence-electron chi connectivity index (χ3n) is 1.84. The van der Waals surface area contributed by atoms with Crippen molar-refractivity contribution >= 4 is 23.9 Å². The molecule has 0 aromatic heterocycles. The number of benzene rings is 1. The SMILES string of the molecule is CC(=O)OC(=O)c1ccccc1C(=O)OC(C)=O.[H-].[H-].[K+].[K+]. The first-order valence-corrected chi connectivity index (χ1v) is 4.96. The van der Waals surface area contributed by atoms with Gasteiger partial charge < -0.3 is 12.3 Å². The van der Waals surface area contributed by atoms with Crippen molar-refractivity contribution in [1.82, 2.24) is 0 Å².